The molecule has 0 N–H and O–H groups in total. The molecule has 0 amide bonds. The molecule has 25 heavy (non-hydrogen) atoms. The second-order valence-electron chi connectivity index (χ2n) is 5.53. The van der Waals surface area contributed by atoms with Gasteiger partial charge in [-0.15, -0.1) is 10.2 Å². The fourth-order valence-electron chi connectivity index (χ4n) is 2.59. The highest BCUT2D eigenvalue weighted by Crippen LogP contribution is 2.29. The van der Waals surface area contributed by atoms with Gasteiger partial charge in [0.1, 0.15) is 17.8 Å². The monoisotopic (exact) mass is 347 g/mol. The number of pyridine rings is 1. The van der Waals surface area contributed by atoms with Gasteiger partial charge < -0.3 is 4.74 Å². The summed E-state index contributed by atoms with van der Waals surface area (Å²) < 4.78 is 5.83. The predicted octanol–water partition coefficient (Wildman–Crippen LogP) is 4.92. The van der Waals surface area contributed by atoms with Gasteiger partial charge in [-0.05, 0) is 11.6 Å². The molecule has 2 heterocycles. The van der Waals surface area contributed by atoms with E-state index in [-0.39, 0.29) is 0 Å². The lowest BCUT2D eigenvalue weighted by atomic mass is 10.1. The molecular weight excluding hydrogens is 334 g/mol. The molecule has 2 aromatic heterocycles. The fraction of sp³-hybridized carbons (Fsp3) is 0.0500. The molecule has 0 saturated heterocycles. The van der Waals surface area contributed by atoms with Gasteiger partial charge in [-0.1, -0.05) is 72.3 Å². The molecule has 2 aromatic carbocycles. The van der Waals surface area contributed by atoms with E-state index >= 15 is 0 Å². The van der Waals surface area contributed by atoms with Gasteiger partial charge in [0.2, 0.25) is 5.88 Å². The highest BCUT2D eigenvalue weighted by molar-refractivity contribution is 6.34. The first-order valence-electron chi connectivity index (χ1n) is 7.86. The van der Waals surface area contributed by atoms with Crippen LogP contribution in [0.2, 0.25) is 5.15 Å². The Kier molecular flexibility index (Phi) is 4.27. The summed E-state index contributed by atoms with van der Waals surface area (Å²) in [6.45, 7) is 0.451. The number of fused-ring (bicyclic) bond motifs is 1. The van der Waals surface area contributed by atoms with Crippen molar-refractivity contribution in [2.75, 3.05) is 0 Å². The summed E-state index contributed by atoms with van der Waals surface area (Å²) >= 11 is 6.19. The molecule has 0 aliphatic rings. The maximum Gasteiger partial charge on any atom is 0.214 e. The number of rotatable bonds is 4. The minimum Gasteiger partial charge on any atom is -0.473 e. The molecule has 0 spiro atoms. The lowest BCUT2D eigenvalue weighted by Crippen LogP contribution is -1.99. The smallest absolute Gasteiger partial charge is 0.214 e. The van der Waals surface area contributed by atoms with E-state index in [0.29, 0.717) is 28.9 Å². The lowest BCUT2D eigenvalue weighted by molar-refractivity contribution is 0.295. The van der Waals surface area contributed by atoms with Crippen LogP contribution >= 0.6 is 11.6 Å². The normalized spacial score (nSPS) is 10.8. The number of nitrogens with zero attached hydrogens (tertiary/aromatic N) is 3. The van der Waals surface area contributed by atoms with E-state index < -0.39 is 0 Å². The van der Waals surface area contributed by atoms with Gasteiger partial charge in [0.25, 0.3) is 0 Å². The second kappa shape index (κ2) is 6.87. The van der Waals surface area contributed by atoms with Crippen molar-refractivity contribution in [2.24, 2.45) is 0 Å². The molecule has 5 heteroatoms. The molecule has 0 aliphatic heterocycles. The molecule has 4 rings (SSSR count). The van der Waals surface area contributed by atoms with Gasteiger partial charge in [0, 0.05) is 17.0 Å². The number of hydrogen-bond donors (Lipinski definition) is 0. The zero-order chi connectivity index (χ0) is 17.1. The van der Waals surface area contributed by atoms with Crippen molar-refractivity contribution in [3.63, 3.8) is 0 Å². The Hall–Kier alpha value is -2.98. The average Bonchev–Trinajstić information content (AvgIpc) is 2.68. The van der Waals surface area contributed by atoms with Gasteiger partial charge in [0.15, 0.2) is 5.15 Å². The minimum atomic E-state index is 0.330. The molecule has 0 aliphatic carbocycles. The van der Waals surface area contributed by atoms with Gasteiger partial charge in [-0.3, -0.25) is 0 Å². The third-order valence-electron chi connectivity index (χ3n) is 3.83. The predicted molar refractivity (Wildman–Crippen MR) is 98.6 cm³/mol. The van der Waals surface area contributed by atoms with Crippen LogP contribution in [0.15, 0.2) is 72.8 Å². The Balaban J connectivity index is 1.73. The molecule has 0 saturated carbocycles. The Bertz CT molecular complexity index is 1010. The zero-order valence-electron chi connectivity index (χ0n) is 13.3. The summed E-state index contributed by atoms with van der Waals surface area (Å²) in [7, 11) is 0. The largest absolute Gasteiger partial charge is 0.473 e. The average molecular weight is 348 g/mol. The number of benzene rings is 2. The molecule has 0 atom stereocenters. The Morgan fingerprint density at radius 2 is 1.52 bits per heavy atom. The van der Waals surface area contributed by atoms with Crippen molar-refractivity contribution in [1.29, 1.82) is 0 Å². The molecular formula is C20H14ClN3O. The molecule has 122 valence electrons. The SMILES string of the molecule is Clc1nnc(-c2ccccc2)c2nc(OCc3ccccc3)ccc12. The van der Waals surface area contributed by atoms with Crippen molar-refractivity contribution < 1.29 is 4.74 Å². The molecule has 0 bridgehead atoms. The van der Waals surface area contributed by atoms with E-state index in [4.69, 9.17) is 16.3 Å². The van der Waals surface area contributed by atoms with Gasteiger partial charge in [-0.2, -0.15) is 0 Å². The van der Waals surface area contributed by atoms with Gasteiger partial charge in [0.05, 0.1) is 0 Å². The molecule has 4 nitrogen and oxygen atoms in total. The van der Waals surface area contributed by atoms with E-state index in [9.17, 15) is 0 Å². The summed E-state index contributed by atoms with van der Waals surface area (Å²) in [5.41, 5.74) is 3.38. The summed E-state index contributed by atoms with van der Waals surface area (Å²) in [5.74, 6) is 0.526. The number of halogens is 1. The van der Waals surface area contributed by atoms with Crippen LogP contribution in [0.25, 0.3) is 22.2 Å². The summed E-state index contributed by atoms with van der Waals surface area (Å²) in [6, 6.07) is 23.4. The third-order valence-corrected chi connectivity index (χ3v) is 4.11. The molecule has 0 unspecified atom stereocenters. The standard InChI is InChI=1S/C20H14ClN3O/c21-20-16-11-12-17(25-13-14-7-3-1-4-8-14)22-19(16)18(23-24-20)15-9-5-2-6-10-15/h1-12H,13H2. The third kappa shape index (κ3) is 3.30. The van der Waals surface area contributed by atoms with E-state index in [0.717, 1.165) is 16.5 Å². The molecule has 0 radical (unpaired) electrons. The van der Waals surface area contributed by atoms with Gasteiger partial charge >= 0.3 is 0 Å². The van der Waals surface area contributed by atoms with E-state index in [1.807, 2.05) is 66.7 Å². The van der Waals surface area contributed by atoms with Crippen molar-refractivity contribution in [3.8, 4) is 17.1 Å². The Morgan fingerprint density at radius 3 is 2.28 bits per heavy atom. The number of hydrogen-bond acceptors (Lipinski definition) is 4. The molecule has 0 fully saturated rings. The summed E-state index contributed by atoms with van der Waals surface area (Å²) in [6.07, 6.45) is 0. The minimum absolute atomic E-state index is 0.330. The van der Waals surface area contributed by atoms with Crippen LogP contribution < -0.4 is 4.74 Å². The number of ether oxygens (including phenoxy) is 1. The number of aromatic nitrogens is 3. The van der Waals surface area contributed by atoms with Crippen molar-refractivity contribution in [2.45, 2.75) is 6.61 Å². The second-order valence-corrected chi connectivity index (χ2v) is 5.88. The first kappa shape index (κ1) is 15.5. The van der Waals surface area contributed by atoms with Crippen molar-refractivity contribution >= 4 is 22.5 Å². The van der Waals surface area contributed by atoms with Crippen molar-refractivity contribution in [1.82, 2.24) is 15.2 Å². The van der Waals surface area contributed by atoms with Crippen LogP contribution in [0.4, 0.5) is 0 Å². The lowest BCUT2D eigenvalue weighted by Gasteiger charge is -2.09. The Labute approximate surface area is 150 Å². The van der Waals surface area contributed by atoms with Crippen LogP contribution in [0.3, 0.4) is 0 Å². The highest BCUT2D eigenvalue weighted by atomic mass is 35.5. The topological polar surface area (TPSA) is 47.9 Å². The molecule has 4 aromatic rings. The summed E-state index contributed by atoms with van der Waals surface area (Å²) in [5, 5.41) is 9.36. The Morgan fingerprint density at radius 1 is 0.800 bits per heavy atom. The quantitative estimate of drug-likeness (QED) is 0.525. The summed E-state index contributed by atoms with van der Waals surface area (Å²) in [4.78, 5) is 4.62. The maximum absolute atomic E-state index is 6.19. The first-order chi connectivity index (χ1) is 12.3. The van der Waals surface area contributed by atoms with Crippen LogP contribution in [0.1, 0.15) is 5.56 Å². The highest BCUT2D eigenvalue weighted by Gasteiger charge is 2.12. The zero-order valence-corrected chi connectivity index (χ0v) is 14.0. The van der Waals surface area contributed by atoms with E-state index in [1.54, 1.807) is 6.07 Å². The van der Waals surface area contributed by atoms with Crippen molar-refractivity contribution in [3.05, 3.63) is 83.5 Å². The van der Waals surface area contributed by atoms with Crippen LogP contribution in [-0.2, 0) is 6.61 Å². The van der Waals surface area contributed by atoms with Gasteiger partial charge in [-0.25, -0.2) is 4.98 Å². The fourth-order valence-corrected chi connectivity index (χ4v) is 2.78. The first-order valence-corrected chi connectivity index (χ1v) is 8.24. The van der Waals surface area contributed by atoms with E-state index in [2.05, 4.69) is 15.2 Å². The van der Waals surface area contributed by atoms with Crippen LogP contribution in [-0.4, -0.2) is 15.2 Å². The van der Waals surface area contributed by atoms with Crippen LogP contribution in [0, 0.1) is 0 Å². The van der Waals surface area contributed by atoms with E-state index in [1.165, 1.54) is 0 Å². The maximum atomic E-state index is 6.19. The van der Waals surface area contributed by atoms with Crippen LogP contribution in [0.5, 0.6) is 5.88 Å².